The molecule has 0 saturated heterocycles. The monoisotopic (exact) mass is 335 g/mol. The predicted molar refractivity (Wildman–Crippen MR) is 85.7 cm³/mol. The van der Waals surface area contributed by atoms with Crippen LogP contribution in [0.1, 0.15) is 12.5 Å². The second-order valence-electron chi connectivity index (χ2n) is 4.87. The summed E-state index contributed by atoms with van der Waals surface area (Å²) in [4.78, 5) is 23.8. The summed E-state index contributed by atoms with van der Waals surface area (Å²) in [6.07, 6.45) is -1.26. The molecule has 4 nitrogen and oxygen atoms in total. The molecular formula is C17H15ClFNO3. The Bertz CT molecular complexity index is 720. The number of amides is 1. The van der Waals surface area contributed by atoms with Gasteiger partial charge in [0.2, 0.25) is 0 Å². The molecule has 0 aliphatic heterocycles. The molecule has 0 unspecified atom stereocenters. The van der Waals surface area contributed by atoms with Crippen molar-refractivity contribution < 1.29 is 18.7 Å². The van der Waals surface area contributed by atoms with Gasteiger partial charge in [-0.25, -0.2) is 4.39 Å². The van der Waals surface area contributed by atoms with Crippen molar-refractivity contribution in [2.45, 2.75) is 19.4 Å². The van der Waals surface area contributed by atoms with Crippen LogP contribution in [0.2, 0.25) is 5.02 Å². The second-order valence-corrected chi connectivity index (χ2v) is 5.28. The minimum atomic E-state index is -1.02. The highest BCUT2D eigenvalue weighted by molar-refractivity contribution is 6.33. The van der Waals surface area contributed by atoms with Crippen LogP contribution in [-0.2, 0) is 20.7 Å². The third-order valence-corrected chi connectivity index (χ3v) is 3.43. The maximum atomic E-state index is 13.5. The summed E-state index contributed by atoms with van der Waals surface area (Å²) in [7, 11) is 0. The van der Waals surface area contributed by atoms with Gasteiger partial charge in [0.05, 0.1) is 17.1 Å². The van der Waals surface area contributed by atoms with Crippen molar-refractivity contribution >= 4 is 29.2 Å². The number of nitrogens with one attached hydrogen (secondary N) is 1. The first kappa shape index (κ1) is 17.0. The molecular weight excluding hydrogens is 321 g/mol. The van der Waals surface area contributed by atoms with Crippen LogP contribution < -0.4 is 5.32 Å². The largest absolute Gasteiger partial charge is 0.452 e. The summed E-state index contributed by atoms with van der Waals surface area (Å²) >= 11 is 5.94. The topological polar surface area (TPSA) is 55.4 Å². The fourth-order valence-electron chi connectivity index (χ4n) is 1.89. The minimum absolute atomic E-state index is 0.219. The lowest BCUT2D eigenvalue weighted by molar-refractivity contribution is -0.152. The van der Waals surface area contributed by atoms with E-state index >= 15 is 0 Å². The number of carbonyl (C=O) groups excluding carboxylic acids is 2. The van der Waals surface area contributed by atoms with E-state index in [1.54, 1.807) is 30.3 Å². The molecule has 1 amide bonds. The average molecular weight is 336 g/mol. The van der Waals surface area contributed by atoms with Crippen LogP contribution in [-0.4, -0.2) is 18.0 Å². The Morgan fingerprint density at radius 3 is 2.52 bits per heavy atom. The van der Waals surface area contributed by atoms with Gasteiger partial charge in [-0.2, -0.15) is 0 Å². The number of benzene rings is 2. The normalized spacial score (nSPS) is 11.6. The number of esters is 1. The number of halogens is 2. The van der Waals surface area contributed by atoms with Crippen LogP contribution in [0.4, 0.5) is 10.1 Å². The SMILES string of the molecule is C[C@H](OC(=O)Cc1ccccc1F)C(=O)Nc1ccccc1Cl. The van der Waals surface area contributed by atoms with Crippen molar-refractivity contribution in [3.8, 4) is 0 Å². The molecule has 0 aliphatic carbocycles. The Morgan fingerprint density at radius 2 is 1.83 bits per heavy atom. The van der Waals surface area contributed by atoms with Crippen LogP contribution in [0.5, 0.6) is 0 Å². The molecule has 0 saturated carbocycles. The third-order valence-electron chi connectivity index (χ3n) is 3.10. The van der Waals surface area contributed by atoms with E-state index < -0.39 is 23.8 Å². The number of hydrogen-bond acceptors (Lipinski definition) is 3. The highest BCUT2D eigenvalue weighted by Crippen LogP contribution is 2.20. The van der Waals surface area contributed by atoms with E-state index in [0.717, 1.165) is 0 Å². The number of ether oxygens (including phenoxy) is 1. The van der Waals surface area contributed by atoms with Crippen LogP contribution in [0.15, 0.2) is 48.5 Å². The first-order valence-corrected chi connectivity index (χ1v) is 7.33. The van der Waals surface area contributed by atoms with E-state index in [0.29, 0.717) is 10.7 Å². The molecule has 2 aromatic rings. The van der Waals surface area contributed by atoms with E-state index in [2.05, 4.69) is 5.32 Å². The van der Waals surface area contributed by atoms with Gasteiger partial charge >= 0.3 is 5.97 Å². The lowest BCUT2D eigenvalue weighted by Gasteiger charge is -2.14. The molecule has 0 heterocycles. The number of hydrogen-bond donors (Lipinski definition) is 1. The predicted octanol–water partition coefficient (Wildman–Crippen LogP) is 3.59. The van der Waals surface area contributed by atoms with Crippen molar-refractivity contribution in [2.75, 3.05) is 5.32 Å². The zero-order valence-corrected chi connectivity index (χ0v) is 13.1. The standard InChI is InChI=1S/C17H15ClFNO3/c1-11(17(22)20-15-9-5-3-7-13(15)18)23-16(21)10-12-6-2-4-8-14(12)19/h2-9,11H,10H2,1H3,(H,20,22)/t11-/m0/s1. The zero-order valence-electron chi connectivity index (χ0n) is 12.4. The Kier molecular flexibility index (Phi) is 5.71. The number of anilines is 1. The Labute approximate surface area is 138 Å². The summed E-state index contributed by atoms with van der Waals surface area (Å²) in [6, 6.07) is 12.6. The highest BCUT2D eigenvalue weighted by Gasteiger charge is 2.19. The second kappa shape index (κ2) is 7.74. The fraction of sp³-hybridized carbons (Fsp3) is 0.176. The average Bonchev–Trinajstić information content (AvgIpc) is 2.51. The molecule has 23 heavy (non-hydrogen) atoms. The lowest BCUT2D eigenvalue weighted by atomic mass is 10.1. The van der Waals surface area contributed by atoms with Crippen molar-refractivity contribution in [3.63, 3.8) is 0 Å². The Balaban J connectivity index is 1.92. The quantitative estimate of drug-likeness (QED) is 0.849. The molecule has 2 aromatic carbocycles. The molecule has 0 radical (unpaired) electrons. The van der Waals surface area contributed by atoms with Crippen LogP contribution in [0, 0.1) is 5.82 Å². The molecule has 0 spiro atoms. The van der Waals surface area contributed by atoms with Gasteiger partial charge in [0, 0.05) is 0 Å². The molecule has 1 atom stereocenters. The molecule has 120 valence electrons. The summed E-state index contributed by atoms with van der Waals surface area (Å²) < 4.78 is 18.5. The van der Waals surface area contributed by atoms with E-state index in [-0.39, 0.29) is 12.0 Å². The van der Waals surface area contributed by atoms with Gasteiger partial charge in [0.15, 0.2) is 6.10 Å². The number of carbonyl (C=O) groups is 2. The highest BCUT2D eigenvalue weighted by atomic mass is 35.5. The van der Waals surface area contributed by atoms with E-state index in [9.17, 15) is 14.0 Å². The molecule has 0 bridgehead atoms. The van der Waals surface area contributed by atoms with E-state index in [4.69, 9.17) is 16.3 Å². The van der Waals surface area contributed by atoms with E-state index in [1.165, 1.54) is 25.1 Å². The molecule has 0 fully saturated rings. The number of rotatable bonds is 5. The molecule has 0 aliphatic rings. The van der Waals surface area contributed by atoms with Gasteiger partial charge in [-0.15, -0.1) is 0 Å². The smallest absolute Gasteiger partial charge is 0.311 e. The van der Waals surface area contributed by atoms with Gasteiger partial charge in [-0.3, -0.25) is 9.59 Å². The minimum Gasteiger partial charge on any atom is -0.452 e. The van der Waals surface area contributed by atoms with Gasteiger partial charge in [0.1, 0.15) is 5.82 Å². The molecule has 1 N–H and O–H groups in total. The van der Waals surface area contributed by atoms with Crippen molar-refractivity contribution in [3.05, 3.63) is 64.9 Å². The summed E-state index contributed by atoms with van der Waals surface area (Å²) in [5.41, 5.74) is 0.646. The first-order chi connectivity index (χ1) is 11.0. The van der Waals surface area contributed by atoms with Gasteiger partial charge < -0.3 is 10.1 Å². The zero-order chi connectivity index (χ0) is 16.8. The van der Waals surface area contributed by atoms with Crippen LogP contribution in [0.25, 0.3) is 0 Å². The number of para-hydroxylation sites is 1. The maximum Gasteiger partial charge on any atom is 0.311 e. The lowest BCUT2D eigenvalue weighted by Crippen LogP contribution is -2.30. The van der Waals surface area contributed by atoms with Gasteiger partial charge in [0.25, 0.3) is 5.91 Å². The summed E-state index contributed by atoms with van der Waals surface area (Å²) in [5, 5.41) is 2.95. The summed E-state index contributed by atoms with van der Waals surface area (Å²) in [6.45, 7) is 1.44. The molecule has 2 rings (SSSR count). The van der Waals surface area contributed by atoms with Gasteiger partial charge in [-0.05, 0) is 30.7 Å². The fourth-order valence-corrected chi connectivity index (χ4v) is 2.07. The Hall–Kier alpha value is -2.40. The van der Waals surface area contributed by atoms with Crippen molar-refractivity contribution in [2.24, 2.45) is 0 Å². The first-order valence-electron chi connectivity index (χ1n) is 6.95. The Morgan fingerprint density at radius 1 is 1.17 bits per heavy atom. The molecule has 0 aromatic heterocycles. The molecule has 6 heteroatoms. The van der Waals surface area contributed by atoms with Crippen molar-refractivity contribution in [1.29, 1.82) is 0 Å². The van der Waals surface area contributed by atoms with E-state index in [1.807, 2.05) is 0 Å². The third kappa shape index (κ3) is 4.79. The van der Waals surface area contributed by atoms with Gasteiger partial charge in [-0.1, -0.05) is 41.9 Å². The van der Waals surface area contributed by atoms with Crippen LogP contribution in [0.3, 0.4) is 0 Å². The summed E-state index contributed by atoms with van der Waals surface area (Å²) in [5.74, 6) is -1.69. The van der Waals surface area contributed by atoms with Crippen LogP contribution >= 0.6 is 11.6 Å². The maximum absolute atomic E-state index is 13.5. The van der Waals surface area contributed by atoms with Crippen molar-refractivity contribution in [1.82, 2.24) is 0 Å².